The van der Waals surface area contributed by atoms with Gasteiger partial charge in [-0.15, -0.1) is 0 Å². The van der Waals surface area contributed by atoms with Crippen LogP contribution in [0.1, 0.15) is 58.2 Å². The van der Waals surface area contributed by atoms with Crippen molar-refractivity contribution in [1.29, 1.82) is 0 Å². The standard InChI is InChI=1S/C16H30N6O/c1-4-16(23,5-2)11-18-15(17-6-3)22-9-7-13(8-10-22)14-19-12-20-21-14/h12-13,23H,4-11H2,1-3H3,(H,17,18)(H,19,20,21). The lowest BCUT2D eigenvalue weighted by Crippen LogP contribution is -2.46. The maximum absolute atomic E-state index is 10.4. The summed E-state index contributed by atoms with van der Waals surface area (Å²) in [5.41, 5.74) is -0.696. The third kappa shape index (κ3) is 4.67. The smallest absolute Gasteiger partial charge is 0.194 e. The van der Waals surface area contributed by atoms with Crippen LogP contribution in [-0.2, 0) is 0 Å². The number of likely N-dealkylation sites (tertiary alicyclic amines) is 1. The molecule has 0 aromatic carbocycles. The molecular weight excluding hydrogens is 292 g/mol. The minimum atomic E-state index is -0.696. The molecule has 0 aliphatic carbocycles. The molecule has 1 aliphatic rings. The number of nitrogens with one attached hydrogen (secondary N) is 2. The van der Waals surface area contributed by atoms with Gasteiger partial charge in [-0.25, -0.2) is 4.98 Å². The van der Waals surface area contributed by atoms with E-state index >= 15 is 0 Å². The van der Waals surface area contributed by atoms with E-state index in [1.54, 1.807) is 6.33 Å². The van der Waals surface area contributed by atoms with E-state index in [1.807, 2.05) is 13.8 Å². The van der Waals surface area contributed by atoms with E-state index in [0.29, 0.717) is 12.5 Å². The lowest BCUT2D eigenvalue weighted by Gasteiger charge is -2.34. The van der Waals surface area contributed by atoms with E-state index in [2.05, 4.69) is 37.3 Å². The number of H-pyrrole nitrogens is 1. The van der Waals surface area contributed by atoms with Gasteiger partial charge in [-0.2, -0.15) is 5.10 Å². The molecule has 7 nitrogen and oxygen atoms in total. The molecular formula is C16H30N6O. The molecule has 0 atom stereocenters. The molecule has 0 radical (unpaired) electrons. The monoisotopic (exact) mass is 322 g/mol. The number of aliphatic hydroxyl groups is 1. The van der Waals surface area contributed by atoms with Crippen LogP contribution in [0.5, 0.6) is 0 Å². The highest BCUT2D eigenvalue weighted by atomic mass is 16.3. The van der Waals surface area contributed by atoms with Crippen molar-refractivity contribution in [3.8, 4) is 0 Å². The summed E-state index contributed by atoms with van der Waals surface area (Å²) in [5.74, 6) is 2.33. The number of nitrogens with zero attached hydrogens (tertiary/aromatic N) is 4. The van der Waals surface area contributed by atoms with Crippen molar-refractivity contribution in [2.75, 3.05) is 26.2 Å². The van der Waals surface area contributed by atoms with Crippen LogP contribution in [-0.4, -0.2) is 62.9 Å². The molecule has 0 saturated carbocycles. The van der Waals surface area contributed by atoms with Gasteiger partial charge in [0.25, 0.3) is 0 Å². The Bertz CT molecular complexity index is 475. The van der Waals surface area contributed by atoms with E-state index in [-0.39, 0.29) is 0 Å². The lowest BCUT2D eigenvalue weighted by atomic mass is 9.96. The number of piperidine rings is 1. The van der Waals surface area contributed by atoms with Gasteiger partial charge in [0.2, 0.25) is 0 Å². The largest absolute Gasteiger partial charge is 0.388 e. The molecule has 0 spiro atoms. The van der Waals surface area contributed by atoms with Crippen LogP contribution in [0.2, 0.25) is 0 Å². The Balaban J connectivity index is 1.96. The maximum atomic E-state index is 10.4. The number of hydrogen-bond donors (Lipinski definition) is 3. The van der Waals surface area contributed by atoms with Gasteiger partial charge < -0.3 is 15.3 Å². The molecule has 0 unspecified atom stereocenters. The number of aliphatic imine (C=N–C) groups is 1. The Morgan fingerprint density at radius 1 is 1.39 bits per heavy atom. The van der Waals surface area contributed by atoms with E-state index in [4.69, 9.17) is 0 Å². The average molecular weight is 322 g/mol. The summed E-state index contributed by atoms with van der Waals surface area (Å²) < 4.78 is 0. The van der Waals surface area contributed by atoms with Crippen LogP contribution in [0.15, 0.2) is 11.3 Å². The molecule has 1 aromatic rings. The van der Waals surface area contributed by atoms with Gasteiger partial charge in [-0.1, -0.05) is 13.8 Å². The van der Waals surface area contributed by atoms with E-state index in [0.717, 1.165) is 57.1 Å². The summed E-state index contributed by atoms with van der Waals surface area (Å²) in [7, 11) is 0. The first kappa shape index (κ1) is 17.7. The summed E-state index contributed by atoms with van der Waals surface area (Å²) in [5, 5.41) is 20.7. The molecule has 1 saturated heterocycles. The predicted molar refractivity (Wildman–Crippen MR) is 91.4 cm³/mol. The van der Waals surface area contributed by atoms with Gasteiger partial charge in [0.15, 0.2) is 5.96 Å². The first-order valence-electron chi connectivity index (χ1n) is 8.72. The Labute approximate surface area is 138 Å². The second-order valence-corrected chi connectivity index (χ2v) is 6.23. The van der Waals surface area contributed by atoms with E-state index < -0.39 is 5.60 Å². The fraction of sp³-hybridized carbons (Fsp3) is 0.812. The molecule has 7 heteroatoms. The number of hydrogen-bond acceptors (Lipinski definition) is 4. The first-order chi connectivity index (χ1) is 11.1. The molecule has 23 heavy (non-hydrogen) atoms. The topological polar surface area (TPSA) is 89.4 Å². The van der Waals surface area contributed by atoms with Gasteiger partial charge in [0.1, 0.15) is 12.2 Å². The zero-order valence-electron chi connectivity index (χ0n) is 14.5. The minimum absolute atomic E-state index is 0.444. The number of rotatable bonds is 6. The summed E-state index contributed by atoms with van der Waals surface area (Å²) in [6.07, 6.45) is 5.08. The summed E-state index contributed by atoms with van der Waals surface area (Å²) >= 11 is 0. The normalized spacial score (nSPS) is 17.6. The molecule has 2 heterocycles. The predicted octanol–water partition coefficient (Wildman–Crippen LogP) is 1.50. The van der Waals surface area contributed by atoms with Gasteiger partial charge in [0, 0.05) is 25.6 Å². The zero-order valence-corrected chi connectivity index (χ0v) is 14.5. The second kappa shape index (κ2) is 8.29. The molecule has 0 amide bonds. The highest BCUT2D eigenvalue weighted by Gasteiger charge is 2.26. The van der Waals surface area contributed by atoms with Crippen molar-refractivity contribution in [2.45, 2.75) is 58.0 Å². The fourth-order valence-corrected chi connectivity index (χ4v) is 2.90. The van der Waals surface area contributed by atoms with Gasteiger partial charge >= 0.3 is 0 Å². The molecule has 1 fully saturated rings. The quantitative estimate of drug-likeness (QED) is 0.545. The highest BCUT2D eigenvalue weighted by Crippen LogP contribution is 2.25. The highest BCUT2D eigenvalue weighted by molar-refractivity contribution is 5.80. The molecule has 1 aromatic heterocycles. The van der Waals surface area contributed by atoms with E-state index in [1.165, 1.54) is 0 Å². The van der Waals surface area contributed by atoms with Crippen molar-refractivity contribution >= 4 is 5.96 Å². The summed E-state index contributed by atoms with van der Waals surface area (Å²) in [4.78, 5) is 11.2. The number of aromatic amines is 1. The Morgan fingerprint density at radius 3 is 2.61 bits per heavy atom. The Morgan fingerprint density at radius 2 is 2.09 bits per heavy atom. The maximum Gasteiger partial charge on any atom is 0.194 e. The van der Waals surface area contributed by atoms with Crippen molar-refractivity contribution in [2.24, 2.45) is 4.99 Å². The van der Waals surface area contributed by atoms with Crippen LogP contribution in [0, 0.1) is 0 Å². The van der Waals surface area contributed by atoms with Gasteiger partial charge in [-0.3, -0.25) is 10.1 Å². The van der Waals surface area contributed by atoms with Gasteiger partial charge in [0.05, 0.1) is 12.1 Å². The second-order valence-electron chi connectivity index (χ2n) is 6.23. The molecule has 1 aliphatic heterocycles. The minimum Gasteiger partial charge on any atom is -0.388 e. The van der Waals surface area contributed by atoms with E-state index in [9.17, 15) is 5.11 Å². The summed E-state index contributed by atoms with van der Waals surface area (Å²) in [6.45, 7) is 9.25. The van der Waals surface area contributed by atoms with Gasteiger partial charge in [-0.05, 0) is 32.6 Å². The van der Waals surface area contributed by atoms with Crippen LogP contribution in [0.3, 0.4) is 0 Å². The SMILES string of the molecule is CCNC(=NCC(O)(CC)CC)N1CCC(c2ncn[nH]2)CC1. The summed E-state index contributed by atoms with van der Waals surface area (Å²) in [6, 6.07) is 0. The third-order valence-electron chi connectivity index (χ3n) is 4.79. The number of guanidine groups is 1. The van der Waals surface area contributed by atoms with Crippen LogP contribution in [0.4, 0.5) is 0 Å². The fourth-order valence-electron chi connectivity index (χ4n) is 2.90. The zero-order chi connectivity index (χ0) is 16.7. The number of aromatic nitrogens is 3. The molecule has 2 rings (SSSR count). The molecule has 130 valence electrons. The third-order valence-corrected chi connectivity index (χ3v) is 4.79. The van der Waals surface area contributed by atoms with Crippen molar-refractivity contribution in [3.05, 3.63) is 12.2 Å². The molecule has 0 bridgehead atoms. The average Bonchev–Trinajstić information content (AvgIpc) is 3.13. The van der Waals surface area contributed by atoms with Crippen molar-refractivity contribution < 1.29 is 5.11 Å². The van der Waals surface area contributed by atoms with Crippen LogP contribution >= 0.6 is 0 Å². The Hall–Kier alpha value is -1.63. The molecule has 3 N–H and O–H groups in total. The van der Waals surface area contributed by atoms with Crippen LogP contribution in [0.25, 0.3) is 0 Å². The lowest BCUT2D eigenvalue weighted by molar-refractivity contribution is 0.0415. The first-order valence-corrected chi connectivity index (χ1v) is 8.72. The van der Waals surface area contributed by atoms with Crippen molar-refractivity contribution in [1.82, 2.24) is 25.4 Å². The van der Waals surface area contributed by atoms with Crippen LogP contribution < -0.4 is 5.32 Å². The Kier molecular flexibility index (Phi) is 6.38. The van der Waals surface area contributed by atoms with Crippen molar-refractivity contribution in [3.63, 3.8) is 0 Å².